The van der Waals surface area contributed by atoms with Gasteiger partial charge in [0.05, 0.1) is 10.7 Å². The molecule has 3 aromatic rings. The van der Waals surface area contributed by atoms with Gasteiger partial charge in [-0.3, -0.25) is 5.10 Å². The summed E-state index contributed by atoms with van der Waals surface area (Å²) in [5, 5.41) is 16.3. The van der Waals surface area contributed by atoms with Crippen molar-refractivity contribution in [1.29, 1.82) is 0 Å². The Hall–Kier alpha value is -2.94. The smallest absolute Gasteiger partial charge is 0.319 e. The number of rotatable bonds is 6. The molecule has 0 bridgehead atoms. The average Bonchev–Trinajstić information content (AvgIpc) is 3.27. The number of carbonyl (C=O) groups is 1. The number of amides is 2. The highest BCUT2D eigenvalue weighted by Crippen LogP contribution is 2.23. The number of para-hydroxylation sites is 1. The summed E-state index contributed by atoms with van der Waals surface area (Å²) in [7, 11) is 0. The van der Waals surface area contributed by atoms with Crippen LogP contribution in [0.25, 0.3) is 11.6 Å². The standard InChI is InChI=1S/C16H18ClN7O2/c1-9(2)7-12(15-22-14(24-26-15)13-18-8-19-23-13)21-16(25)20-11-6-4-3-5-10(11)17/h3-6,8-9,12H,7H2,1-2H3,(H,18,19,23)(H2,20,21,25)/t12-/m1/s1. The lowest BCUT2D eigenvalue weighted by molar-refractivity contribution is 0.240. The lowest BCUT2D eigenvalue weighted by Crippen LogP contribution is -2.33. The summed E-state index contributed by atoms with van der Waals surface area (Å²) in [5.41, 5.74) is 0.517. The van der Waals surface area contributed by atoms with E-state index in [9.17, 15) is 4.79 Å². The van der Waals surface area contributed by atoms with Crippen LogP contribution in [0, 0.1) is 5.92 Å². The summed E-state index contributed by atoms with van der Waals surface area (Å²) in [6.45, 7) is 4.07. The van der Waals surface area contributed by atoms with Gasteiger partial charge < -0.3 is 15.2 Å². The van der Waals surface area contributed by atoms with Crippen LogP contribution in [0.3, 0.4) is 0 Å². The minimum absolute atomic E-state index is 0.277. The first-order valence-electron chi connectivity index (χ1n) is 8.04. The Kier molecular flexibility index (Phi) is 5.47. The van der Waals surface area contributed by atoms with Crippen LogP contribution in [0.5, 0.6) is 0 Å². The van der Waals surface area contributed by atoms with E-state index < -0.39 is 12.1 Å². The normalized spacial score (nSPS) is 12.2. The zero-order valence-electron chi connectivity index (χ0n) is 14.2. The molecule has 0 saturated carbocycles. The van der Waals surface area contributed by atoms with Crippen molar-refractivity contribution in [3.63, 3.8) is 0 Å². The van der Waals surface area contributed by atoms with Crippen LogP contribution in [0.4, 0.5) is 10.5 Å². The zero-order chi connectivity index (χ0) is 18.5. The van der Waals surface area contributed by atoms with Gasteiger partial charge in [0.1, 0.15) is 12.4 Å². The Morgan fingerprint density at radius 2 is 2.15 bits per heavy atom. The maximum Gasteiger partial charge on any atom is 0.319 e. The molecule has 2 amide bonds. The van der Waals surface area contributed by atoms with E-state index in [-0.39, 0.29) is 5.82 Å². The van der Waals surface area contributed by atoms with Gasteiger partial charge in [0, 0.05) is 0 Å². The highest BCUT2D eigenvalue weighted by Gasteiger charge is 2.23. The SMILES string of the molecule is CC(C)C[C@@H](NC(=O)Nc1ccccc1Cl)c1nc(-c2ncn[nH]2)no1. The topological polar surface area (TPSA) is 122 Å². The van der Waals surface area contributed by atoms with Gasteiger partial charge in [0.25, 0.3) is 0 Å². The van der Waals surface area contributed by atoms with E-state index in [1.807, 2.05) is 13.8 Å². The van der Waals surface area contributed by atoms with E-state index in [2.05, 4.69) is 36.0 Å². The molecule has 0 radical (unpaired) electrons. The number of urea groups is 1. The van der Waals surface area contributed by atoms with Crippen LogP contribution < -0.4 is 10.6 Å². The molecule has 0 aliphatic rings. The van der Waals surface area contributed by atoms with Crippen LogP contribution in [0.2, 0.25) is 5.02 Å². The van der Waals surface area contributed by atoms with E-state index in [0.717, 1.165) is 0 Å². The fourth-order valence-corrected chi connectivity index (χ4v) is 2.54. The third-order valence-electron chi connectivity index (χ3n) is 3.50. The van der Waals surface area contributed by atoms with Crippen molar-refractivity contribution in [1.82, 2.24) is 30.6 Å². The van der Waals surface area contributed by atoms with E-state index in [0.29, 0.717) is 34.8 Å². The van der Waals surface area contributed by atoms with Crippen molar-refractivity contribution >= 4 is 23.3 Å². The number of aromatic nitrogens is 5. The van der Waals surface area contributed by atoms with Crippen LogP contribution in [0.15, 0.2) is 35.1 Å². The average molecular weight is 376 g/mol. The van der Waals surface area contributed by atoms with Crippen molar-refractivity contribution in [3.8, 4) is 11.6 Å². The molecule has 10 heteroatoms. The fraction of sp³-hybridized carbons (Fsp3) is 0.312. The Morgan fingerprint density at radius 1 is 1.35 bits per heavy atom. The first-order valence-corrected chi connectivity index (χ1v) is 8.42. The molecular formula is C16H18ClN7O2. The number of nitrogens with one attached hydrogen (secondary N) is 3. The lowest BCUT2D eigenvalue weighted by Gasteiger charge is -2.17. The fourth-order valence-electron chi connectivity index (χ4n) is 2.36. The molecule has 3 N–H and O–H groups in total. The molecule has 0 aliphatic carbocycles. The molecule has 1 aromatic carbocycles. The molecule has 3 rings (SSSR count). The molecule has 9 nitrogen and oxygen atoms in total. The molecule has 2 aromatic heterocycles. The number of nitrogens with zero attached hydrogens (tertiary/aromatic N) is 4. The summed E-state index contributed by atoms with van der Waals surface area (Å²) in [5.74, 6) is 1.25. The van der Waals surface area contributed by atoms with Gasteiger partial charge in [-0.1, -0.05) is 42.7 Å². The number of aromatic amines is 1. The van der Waals surface area contributed by atoms with Gasteiger partial charge in [-0.15, -0.1) is 0 Å². The van der Waals surface area contributed by atoms with Gasteiger partial charge in [0.15, 0.2) is 5.82 Å². The van der Waals surface area contributed by atoms with Crippen LogP contribution in [-0.2, 0) is 0 Å². The van der Waals surface area contributed by atoms with Crippen molar-refractivity contribution in [2.75, 3.05) is 5.32 Å². The minimum atomic E-state index is -0.457. The van der Waals surface area contributed by atoms with Crippen LogP contribution >= 0.6 is 11.6 Å². The van der Waals surface area contributed by atoms with E-state index in [4.69, 9.17) is 16.1 Å². The Labute approximate surface area is 154 Å². The highest BCUT2D eigenvalue weighted by atomic mass is 35.5. The summed E-state index contributed by atoms with van der Waals surface area (Å²) >= 11 is 6.07. The molecule has 0 unspecified atom stereocenters. The lowest BCUT2D eigenvalue weighted by atomic mass is 10.0. The van der Waals surface area contributed by atoms with Gasteiger partial charge in [-0.2, -0.15) is 10.1 Å². The van der Waals surface area contributed by atoms with Crippen molar-refractivity contribution < 1.29 is 9.32 Å². The van der Waals surface area contributed by atoms with Gasteiger partial charge in [-0.25, -0.2) is 9.78 Å². The molecular weight excluding hydrogens is 358 g/mol. The summed E-state index contributed by atoms with van der Waals surface area (Å²) in [6.07, 6.45) is 1.97. The summed E-state index contributed by atoms with van der Waals surface area (Å²) in [6, 6.07) is 6.12. The van der Waals surface area contributed by atoms with Crippen molar-refractivity contribution in [3.05, 3.63) is 41.5 Å². The molecule has 0 saturated heterocycles. The second kappa shape index (κ2) is 7.96. The monoisotopic (exact) mass is 375 g/mol. The number of halogens is 1. The van der Waals surface area contributed by atoms with Crippen molar-refractivity contribution in [2.24, 2.45) is 5.92 Å². The summed E-state index contributed by atoms with van der Waals surface area (Å²) in [4.78, 5) is 20.7. The summed E-state index contributed by atoms with van der Waals surface area (Å²) < 4.78 is 5.31. The molecule has 26 heavy (non-hydrogen) atoms. The predicted octanol–water partition coefficient (Wildman–Crippen LogP) is 3.42. The predicted molar refractivity (Wildman–Crippen MR) is 95.5 cm³/mol. The Bertz CT molecular complexity index is 863. The molecule has 136 valence electrons. The number of benzene rings is 1. The first-order chi connectivity index (χ1) is 12.5. The number of hydrogen-bond acceptors (Lipinski definition) is 6. The molecule has 0 spiro atoms. The second-order valence-corrected chi connectivity index (χ2v) is 6.46. The third kappa shape index (κ3) is 4.37. The second-order valence-electron chi connectivity index (χ2n) is 6.05. The number of hydrogen-bond donors (Lipinski definition) is 3. The molecule has 1 atom stereocenters. The molecule has 0 aliphatic heterocycles. The number of H-pyrrole nitrogens is 1. The maximum atomic E-state index is 12.4. The first kappa shape index (κ1) is 17.9. The maximum absolute atomic E-state index is 12.4. The largest absolute Gasteiger partial charge is 0.337 e. The van der Waals surface area contributed by atoms with Crippen LogP contribution in [0.1, 0.15) is 32.2 Å². The molecule has 2 heterocycles. The van der Waals surface area contributed by atoms with Gasteiger partial charge >= 0.3 is 6.03 Å². The van der Waals surface area contributed by atoms with Gasteiger partial charge in [-0.05, 0) is 24.5 Å². The third-order valence-corrected chi connectivity index (χ3v) is 3.83. The minimum Gasteiger partial charge on any atom is -0.337 e. The Balaban J connectivity index is 1.74. The number of anilines is 1. The number of carbonyl (C=O) groups excluding carboxylic acids is 1. The van der Waals surface area contributed by atoms with E-state index in [1.54, 1.807) is 24.3 Å². The van der Waals surface area contributed by atoms with E-state index >= 15 is 0 Å². The van der Waals surface area contributed by atoms with E-state index in [1.165, 1.54) is 6.33 Å². The zero-order valence-corrected chi connectivity index (χ0v) is 15.0. The van der Waals surface area contributed by atoms with Gasteiger partial charge in [0.2, 0.25) is 11.7 Å². The highest BCUT2D eigenvalue weighted by molar-refractivity contribution is 6.33. The van der Waals surface area contributed by atoms with Crippen LogP contribution in [-0.4, -0.2) is 31.4 Å². The quantitative estimate of drug-likeness (QED) is 0.606. The molecule has 0 fully saturated rings. The Morgan fingerprint density at radius 3 is 2.85 bits per heavy atom. The van der Waals surface area contributed by atoms with Crippen molar-refractivity contribution in [2.45, 2.75) is 26.3 Å².